The van der Waals surface area contributed by atoms with Crippen molar-refractivity contribution in [2.24, 2.45) is 11.3 Å². The molecule has 0 aromatic rings. The Kier molecular flexibility index (Phi) is 4.63. The maximum atomic E-state index is 6.31. The lowest BCUT2D eigenvalue weighted by molar-refractivity contribution is -0.0525. The van der Waals surface area contributed by atoms with E-state index in [2.05, 4.69) is 26.1 Å². The minimum atomic E-state index is 0.0806. The second-order valence-corrected chi connectivity index (χ2v) is 8.16. The van der Waals surface area contributed by atoms with Crippen LogP contribution in [-0.2, 0) is 9.47 Å². The van der Waals surface area contributed by atoms with Crippen LogP contribution in [0.5, 0.6) is 0 Å². The zero-order valence-corrected chi connectivity index (χ0v) is 14.1. The summed E-state index contributed by atoms with van der Waals surface area (Å²) in [6.45, 7) is 9.90. The van der Waals surface area contributed by atoms with Crippen molar-refractivity contribution in [2.45, 2.75) is 83.5 Å². The highest BCUT2D eigenvalue weighted by Gasteiger charge is 2.52. The van der Waals surface area contributed by atoms with Gasteiger partial charge in [-0.25, -0.2) is 0 Å². The molecule has 122 valence electrons. The van der Waals surface area contributed by atoms with Gasteiger partial charge in [0.05, 0.1) is 17.8 Å². The topological polar surface area (TPSA) is 30.5 Å². The first-order chi connectivity index (χ1) is 10.0. The van der Waals surface area contributed by atoms with E-state index in [4.69, 9.17) is 9.47 Å². The molecule has 0 bridgehead atoms. The first-order valence-electron chi connectivity index (χ1n) is 9.05. The van der Waals surface area contributed by atoms with Crippen LogP contribution in [0.2, 0.25) is 0 Å². The largest absolute Gasteiger partial charge is 0.377 e. The third-order valence-electron chi connectivity index (χ3n) is 5.64. The summed E-state index contributed by atoms with van der Waals surface area (Å²) in [7, 11) is 0. The maximum Gasteiger partial charge on any atom is 0.0673 e. The molecule has 0 amide bonds. The molecule has 3 rings (SSSR count). The Morgan fingerprint density at radius 3 is 2.57 bits per heavy atom. The Labute approximate surface area is 130 Å². The van der Waals surface area contributed by atoms with Crippen molar-refractivity contribution >= 4 is 0 Å². The lowest BCUT2D eigenvalue weighted by atomic mass is 9.74. The van der Waals surface area contributed by atoms with Gasteiger partial charge in [0.1, 0.15) is 0 Å². The Morgan fingerprint density at radius 2 is 1.95 bits per heavy atom. The fourth-order valence-electron chi connectivity index (χ4n) is 4.41. The summed E-state index contributed by atoms with van der Waals surface area (Å²) in [5, 5.41) is 3.69. The van der Waals surface area contributed by atoms with Gasteiger partial charge in [0, 0.05) is 18.6 Å². The number of hydrogen-bond acceptors (Lipinski definition) is 3. The molecule has 1 aliphatic carbocycles. The molecule has 3 heteroatoms. The molecule has 1 N–H and O–H groups in total. The van der Waals surface area contributed by atoms with E-state index in [1.165, 1.54) is 44.9 Å². The predicted octanol–water partition coefficient (Wildman–Crippen LogP) is 3.52. The predicted molar refractivity (Wildman–Crippen MR) is 85.5 cm³/mol. The van der Waals surface area contributed by atoms with Gasteiger partial charge in [-0.1, -0.05) is 6.92 Å². The van der Waals surface area contributed by atoms with Crippen molar-refractivity contribution in [3.63, 3.8) is 0 Å². The molecule has 21 heavy (non-hydrogen) atoms. The summed E-state index contributed by atoms with van der Waals surface area (Å²) in [5.74, 6) is 0.824. The van der Waals surface area contributed by atoms with Gasteiger partial charge in [0.2, 0.25) is 0 Å². The van der Waals surface area contributed by atoms with Crippen LogP contribution in [-0.4, -0.2) is 37.5 Å². The van der Waals surface area contributed by atoms with Crippen LogP contribution in [0.1, 0.15) is 65.7 Å². The van der Waals surface area contributed by atoms with Crippen molar-refractivity contribution in [2.75, 3.05) is 19.7 Å². The second-order valence-electron chi connectivity index (χ2n) is 8.16. The Morgan fingerprint density at radius 1 is 1.14 bits per heavy atom. The lowest BCUT2D eigenvalue weighted by Crippen LogP contribution is -2.44. The average molecular weight is 295 g/mol. The van der Waals surface area contributed by atoms with Gasteiger partial charge in [-0.05, 0) is 71.3 Å². The van der Waals surface area contributed by atoms with Crippen LogP contribution in [0.15, 0.2) is 0 Å². The SMILES string of the molecule is CCCNCC1(CC2CCC(C)(C)O2)CCOC1C1CC1. The fourth-order valence-corrected chi connectivity index (χ4v) is 4.41. The van der Waals surface area contributed by atoms with E-state index in [0.717, 1.165) is 25.6 Å². The highest BCUT2D eigenvalue weighted by Crippen LogP contribution is 2.51. The molecule has 2 aliphatic heterocycles. The van der Waals surface area contributed by atoms with Crippen molar-refractivity contribution < 1.29 is 9.47 Å². The zero-order valence-electron chi connectivity index (χ0n) is 14.1. The zero-order chi connectivity index (χ0) is 14.9. The van der Waals surface area contributed by atoms with E-state index < -0.39 is 0 Å². The molecule has 0 aromatic carbocycles. The molecule has 0 spiro atoms. The van der Waals surface area contributed by atoms with E-state index in [1.54, 1.807) is 0 Å². The summed E-state index contributed by atoms with van der Waals surface area (Å²) in [4.78, 5) is 0. The maximum absolute atomic E-state index is 6.31. The minimum absolute atomic E-state index is 0.0806. The van der Waals surface area contributed by atoms with Gasteiger partial charge in [0.15, 0.2) is 0 Å². The summed E-state index contributed by atoms with van der Waals surface area (Å²) in [6, 6.07) is 0. The summed E-state index contributed by atoms with van der Waals surface area (Å²) in [6.07, 6.45) is 9.69. The molecule has 3 atom stereocenters. The number of hydrogen-bond donors (Lipinski definition) is 1. The van der Waals surface area contributed by atoms with Crippen LogP contribution in [0.25, 0.3) is 0 Å². The molecule has 2 saturated heterocycles. The van der Waals surface area contributed by atoms with E-state index in [-0.39, 0.29) is 5.60 Å². The molecule has 3 fully saturated rings. The van der Waals surface area contributed by atoms with Gasteiger partial charge < -0.3 is 14.8 Å². The Balaban J connectivity index is 1.66. The van der Waals surface area contributed by atoms with E-state index in [1.807, 2.05) is 0 Å². The number of ether oxygens (including phenoxy) is 2. The van der Waals surface area contributed by atoms with Crippen molar-refractivity contribution in [3.05, 3.63) is 0 Å². The van der Waals surface area contributed by atoms with Crippen LogP contribution >= 0.6 is 0 Å². The summed E-state index contributed by atoms with van der Waals surface area (Å²) < 4.78 is 12.5. The van der Waals surface area contributed by atoms with Crippen LogP contribution in [0.4, 0.5) is 0 Å². The Bertz CT molecular complexity index is 353. The summed E-state index contributed by atoms with van der Waals surface area (Å²) in [5.41, 5.74) is 0.401. The highest BCUT2D eigenvalue weighted by atomic mass is 16.5. The smallest absolute Gasteiger partial charge is 0.0673 e. The second kappa shape index (κ2) is 6.17. The van der Waals surface area contributed by atoms with E-state index in [9.17, 15) is 0 Å². The third kappa shape index (κ3) is 3.62. The molecule has 0 aromatic heterocycles. The minimum Gasteiger partial charge on any atom is -0.377 e. The Hall–Kier alpha value is -0.120. The van der Waals surface area contributed by atoms with Gasteiger partial charge in [-0.2, -0.15) is 0 Å². The summed E-state index contributed by atoms with van der Waals surface area (Å²) >= 11 is 0. The first-order valence-corrected chi connectivity index (χ1v) is 9.05. The lowest BCUT2D eigenvalue weighted by Gasteiger charge is -2.37. The fraction of sp³-hybridized carbons (Fsp3) is 1.00. The third-order valence-corrected chi connectivity index (χ3v) is 5.64. The van der Waals surface area contributed by atoms with Gasteiger partial charge in [-0.15, -0.1) is 0 Å². The van der Waals surface area contributed by atoms with E-state index in [0.29, 0.717) is 17.6 Å². The van der Waals surface area contributed by atoms with Crippen molar-refractivity contribution in [1.29, 1.82) is 0 Å². The quantitative estimate of drug-likeness (QED) is 0.729. The van der Waals surface area contributed by atoms with Crippen molar-refractivity contribution in [1.82, 2.24) is 5.32 Å². The average Bonchev–Trinajstić information content (AvgIpc) is 3.10. The molecular formula is C18H33NO2. The van der Waals surface area contributed by atoms with Gasteiger partial charge in [-0.3, -0.25) is 0 Å². The molecule has 0 radical (unpaired) electrons. The van der Waals surface area contributed by atoms with Gasteiger partial charge >= 0.3 is 0 Å². The highest BCUT2D eigenvalue weighted by molar-refractivity contribution is 5.02. The standard InChI is InChI=1S/C18H33NO2/c1-4-10-19-13-18(9-11-20-16(18)14-5-6-14)12-15-7-8-17(2,3)21-15/h14-16,19H,4-13H2,1-3H3. The van der Waals surface area contributed by atoms with Crippen LogP contribution in [0.3, 0.4) is 0 Å². The van der Waals surface area contributed by atoms with Crippen molar-refractivity contribution in [3.8, 4) is 0 Å². The first kappa shape index (κ1) is 15.8. The molecule has 1 saturated carbocycles. The van der Waals surface area contributed by atoms with Gasteiger partial charge in [0.25, 0.3) is 0 Å². The molecule has 3 nitrogen and oxygen atoms in total. The normalized spacial score (nSPS) is 39.0. The molecule has 3 aliphatic rings. The molecule has 2 heterocycles. The van der Waals surface area contributed by atoms with E-state index >= 15 is 0 Å². The molecular weight excluding hydrogens is 262 g/mol. The number of nitrogens with one attached hydrogen (secondary N) is 1. The number of rotatable bonds is 7. The molecule has 3 unspecified atom stereocenters. The van der Waals surface area contributed by atoms with Crippen LogP contribution in [0, 0.1) is 11.3 Å². The monoisotopic (exact) mass is 295 g/mol. The van der Waals surface area contributed by atoms with Crippen LogP contribution < -0.4 is 5.32 Å².